The number of aromatic nitrogens is 1. The fourth-order valence-corrected chi connectivity index (χ4v) is 4.68. The summed E-state index contributed by atoms with van der Waals surface area (Å²) in [5.41, 5.74) is 1.87. The second-order valence-electron chi connectivity index (χ2n) is 8.39. The van der Waals surface area contributed by atoms with Gasteiger partial charge in [-0.15, -0.1) is 0 Å². The van der Waals surface area contributed by atoms with Gasteiger partial charge >= 0.3 is 0 Å². The summed E-state index contributed by atoms with van der Waals surface area (Å²) < 4.78 is 40.1. The van der Waals surface area contributed by atoms with Crippen LogP contribution in [0.2, 0.25) is 0 Å². The highest BCUT2D eigenvalue weighted by molar-refractivity contribution is 7.91. The third-order valence-electron chi connectivity index (χ3n) is 5.72. The van der Waals surface area contributed by atoms with Crippen LogP contribution in [0.3, 0.4) is 0 Å². The van der Waals surface area contributed by atoms with Gasteiger partial charge in [-0.05, 0) is 25.0 Å². The Morgan fingerprint density at radius 2 is 2.23 bits per heavy atom. The molecule has 3 heterocycles. The van der Waals surface area contributed by atoms with Gasteiger partial charge in [0.05, 0.1) is 31.7 Å². The highest BCUT2D eigenvalue weighted by Crippen LogP contribution is 2.33. The van der Waals surface area contributed by atoms with Gasteiger partial charge in [-0.3, -0.25) is 4.79 Å². The van der Waals surface area contributed by atoms with E-state index in [1.165, 1.54) is 12.0 Å². The van der Waals surface area contributed by atoms with Gasteiger partial charge in [0, 0.05) is 31.0 Å². The van der Waals surface area contributed by atoms with Crippen LogP contribution in [0.15, 0.2) is 60.2 Å². The van der Waals surface area contributed by atoms with Crippen molar-refractivity contribution in [2.24, 2.45) is 0 Å². The van der Waals surface area contributed by atoms with Crippen LogP contribution in [0.25, 0.3) is 0 Å². The molecule has 0 aromatic carbocycles. The summed E-state index contributed by atoms with van der Waals surface area (Å²) in [4.78, 5) is 19.8. The summed E-state index contributed by atoms with van der Waals surface area (Å²) in [6, 6.07) is 3.77. The Labute approximate surface area is 204 Å². The zero-order chi connectivity index (χ0) is 25.0. The number of methoxy groups -OCH3 is 1. The number of anilines is 1. The van der Waals surface area contributed by atoms with E-state index in [1.54, 1.807) is 35.8 Å². The lowest BCUT2D eigenvalue weighted by molar-refractivity contribution is -0.127. The van der Waals surface area contributed by atoms with Gasteiger partial charge in [0.2, 0.25) is 11.8 Å². The Balaban J connectivity index is 1.52. The minimum Gasteiger partial charge on any atom is -0.488 e. The van der Waals surface area contributed by atoms with Gasteiger partial charge in [-0.2, -0.15) is 5.26 Å². The molecule has 3 aliphatic rings. The predicted octanol–water partition coefficient (Wildman–Crippen LogP) is 2.38. The standard InChI is InChI=1S/C24H26N4O6S/c1-32-24-17(12-25)11-18(13-26-24)27-9-10-33-22(15-27)20-5-3-4-6-21(20)34-19-7-8-28(14-19)23(29)16-35(2,30)31/h4,6,9-11,13,15,19H,3,5,7-8,14,16H2,1-2H3/t19-/m0/s1. The highest BCUT2D eigenvalue weighted by Gasteiger charge is 2.30. The molecule has 0 bridgehead atoms. The Kier molecular flexibility index (Phi) is 7.12. The van der Waals surface area contributed by atoms with E-state index in [0.717, 1.165) is 18.2 Å². The number of allylic oxidation sites excluding steroid dienone is 3. The van der Waals surface area contributed by atoms with E-state index in [2.05, 4.69) is 11.1 Å². The van der Waals surface area contributed by atoms with E-state index in [0.29, 0.717) is 48.7 Å². The Morgan fingerprint density at radius 1 is 1.40 bits per heavy atom. The molecule has 184 valence electrons. The zero-order valence-corrected chi connectivity index (χ0v) is 20.3. The van der Waals surface area contributed by atoms with Gasteiger partial charge in [-0.25, -0.2) is 13.4 Å². The number of rotatable bonds is 7. The summed E-state index contributed by atoms with van der Waals surface area (Å²) >= 11 is 0. The second kappa shape index (κ2) is 10.2. The number of amides is 1. The maximum atomic E-state index is 12.3. The van der Waals surface area contributed by atoms with Gasteiger partial charge in [0.15, 0.2) is 9.84 Å². The van der Waals surface area contributed by atoms with E-state index < -0.39 is 21.5 Å². The minimum atomic E-state index is -3.38. The number of ether oxygens (including phenoxy) is 3. The van der Waals surface area contributed by atoms with Crippen molar-refractivity contribution in [3.63, 3.8) is 0 Å². The lowest BCUT2D eigenvalue weighted by atomic mass is 10.0. The molecule has 0 unspecified atom stereocenters. The molecule has 11 heteroatoms. The van der Waals surface area contributed by atoms with Crippen LogP contribution in [-0.2, 0) is 24.1 Å². The average molecular weight is 499 g/mol. The molecular weight excluding hydrogens is 472 g/mol. The maximum Gasteiger partial charge on any atom is 0.237 e. The molecular formula is C24H26N4O6S. The van der Waals surface area contributed by atoms with Crippen molar-refractivity contribution in [2.45, 2.75) is 25.4 Å². The molecule has 35 heavy (non-hydrogen) atoms. The number of likely N-dealkylation sites (tertiary alicyclic amines) is 1. The predicted molar refractivity (Wildman–Crippen MR) is 127 cm³/mol. The lowest BCUT2D eigenvalue weighted by Gasteiger charge is -2.26. The van der Waals surface area contributed by atoms with Crippen molar-refractivity contribution in [3.8, 4) is 11.9 Å². The summed E-state index contributed by atoms with van der Waals surface area (Å²) in [7, 11) is -1.92. The summed E-state index contributed by atoms with van der Waals surface area (Å²) in [5.74, 6) is 0.615. The zero-order valence-electron chi connectivity index (χ0n) is 19.5. The number of pyridine rings is 1. The first-order valence-corrected chi connectivity index (χ1v) is 13.1. The smallest absolute Gasteiger partial charge is 0.237 e. The molecule has 2 aliphatic heterocycles. The quantitative estimate of drug-likeness (QED) is 0.557. The summed E-state index contributed by atoms with van der Waals surface area (Å²) in [5, 5.41) is 9.37. The molecule has 0 spiro atoms. The van der Waals surface area contributed by atoms with Crippen molar-refractivity contribution in [3.05, 3.63) is 65.7 Å². The number of nitriles is 1. The second-order valence-corrected chi connectivity index (χ2v) is 10.5. The number of hydrogen-bond acceptors (Lipinski definition) is 9. The molecule has 10 nitrogen and oxygen atoms in total. The van der Waals surface area contributed by atoms with Crippen LogP contribution in [0.5, 0.6) is 5.88 Å². The van der Waals surface area contributed by atoms with E-state index in [4.69, 9.17) is 14.2 Å². The van der Waals surface area contributed by atoms with Crippen LogP contribution in [0.4, 0.5) is 5.69 Å². The van der Waals surface area contributed by atoms with Crippen LogP contribution in [0.1, 0.15) is 24.8 Å². The Morgan fingerprint density at radius 3 is 2.97 bits per heavy atom. The fourth-order valence-electron chi connectivity index (χ4n) is 4.05. The lowest BCUT2D eigenvalue weighted by Crippen LogP contribution is -2.34. The normalized spacial score (nSPS) is 19.8. The number of nitrogens with zero attached hydrogens (tertiary/aromatic N) is 4. The number of carbonyl (C=O) groups excluding carboxylic acids is 1. The molecule has 1 aromatic heterocycles. The van der Waals surface area contributed by atoms with Crippen LogP contribution >= 0.6 is 0 Å². The summed E-state index contributed by atoms with van der Waals surface area (Å²) in [6.07, 6.45) is 13.5. The number of carbonyl (C=O) groups is 1. The largest absolute Gasteiger partial charge is 0.488 e. The van der Waals surface area contributed by atoms with Crippen molar-refractivity contribution < 1.29 is 27.4 Å². The fraction of sp³-hybridized carbons (Fsp3) is 0.375. The molecule has 1 atom stereocenters. The third-order valence-corrected chi connectivity index (χ3v) is 6.49. The van der Waals surface area contributed by atoms with Gasteiger partial charge in [0.25, 0.3) is 0 Å². The van der Waals surface area contributed by atoms with Crippen LogP contribution < -0.4 is 9.64 Å². The first kappa shape index (κ1) is 24.3. The van der Waals surface area contributed by atoms with Crippen molar-refractivity contribution in [1.82, 2.24) is 9.88 Å². The van der Waals surface area contributed by atoms with Gasteiger partial charge in [-0.1, -0.05) is 6.08 Å². The van der Waals surface area contributed by atoms with Gasteiger partial charge in [0.1, 0.15) is 41.3 Å². The van der Waals surface area contributed by atoms with E-state index >= 15 is 0 Å². The molecule has 1 aromatic rings. The molecule has 1 saturated heterocycles. The third kappa shape index (κ3) is 5.84. The maximum absolute atomic E-state index is 12.3. The van der Waals surface area contributed by atoms with Crippen LogP contribution in [0, 0.1) is 11.3 Å². The molecule has 0 radical (unpaired) electrons. The van der Waals surface area contributed by atoms with Crippen molar-refractivity contribution in [2.75, 3.05) is 37.1 Å². The van der Waals surface area contributed by atoms with E-state index in [9.17, 15) is 18.5 Å². The monoisotopic (exact) mass is 498 g/mol. The first-order chi connectivity index (χ1) is 16.8. The van der Waals surface area contributed by atoms with Crippen LogP contribution in [-0.4, -0.2) is 62.5 Å². The summed E-state index contributed by atoms with van der Waals surface area (Å²) in [6.45, 7) is 0.784. The molecule has 1 amide bonds. The van der Waals surface area contributed by atoms with E-state index in [1.807, 2.05) is 12.2 Å². The molecule has 1 fully saturated rings. The Bertz CT molecular complexity index is 1280. The molecule has 0 N–H and O–H groups in total. The molecule has 4 rings (SSSR count). The topological polar surface area (TPSA) is 122 Å². The average Bonchev–Trinajstić information content (AvgIpc) is 3.32. The molecule has 1 aliphatic carbocycles. The highest BCUT2D eigenvalue weighted by atomic mass is 32.2. The van der Waals surface area contributed by atoms with Gasteiger partial charge < -0.3 is 24.0 Å². The Hall–Kier alpha value is -3.78. The minimum absolute atomic E-state index is 0.244. The molecule has 0 saturated carbocycles. The van der Waals surface area contributed by atoms with Crippen molar-refractivity contribution in [1.29, 1.82) is 5.26 Å². The first-order valence-electron chi connectivity index (χ1n) is 11.1. The number of hydrogen-bond donors (Lipinski definition) is 0. The number of sulfone groups is 1. The van der Waals surface area contributed by atoms with Crippen molar-refractivity contribution >= 4 is 21.4 Å². The van der Waals surface area contributed by atoms with E-state index in [-0.39, 0.29) is 12.0 Å². The SMILES string of the molecule is COc1ncc(N2C=COC(C3=C(O[C@H]4CCN(C(=O)CS(C)(=O)=O)C4)C=CCC3)=C2)cc1C#N.